The molecule has 0 amide bonds. The summed E-state index contributed by atoms with van der Waals surface area (Å²) in [5.41, 5.74) is 7.09. The second-order valence-electron chi connectivity index (χ2n) is 4.82. The van der Waals surface area contributed by atoms with Crippen molar-refractivity contribution in [3.05, 3.63) is 64.1 Å². The van der Waals surface area contributed by atoms with E-state index in [1.165, 1.54) is 33.8 Å². The summed E-state index contributed by atoms with van der Waals surface area (Å²) in [6, 6.07) is 10.1. The first-order chi connectivity index (χ1) is 9.90. The molecule has 115 valence electrons. The predicted octanol–water partition coefficient (Wildman–Crippen LogP) is 6.29. The Kier molecular flexibility index (Phi) is 11.8. The first kappa shape index (κ1) is 21.2. The molecule has 0 saturated carbocycles. The van der Waals surface area contributed by atoms with Gasteiger partial charge in [0, 0.05) is 5.92 Å². The molecule has 0 fully saturated rings. The van der Waals surface area contributed by atoms with Crippen molar-refractivity contribution < 1.29 is 14.9 Å². The van der Waals surface area contributed by atoms with E-state index in [9.17, 15) is 0 Å². The minimum atomic E-state index is -0.583. The van der Waals surface area contributed by atoms with Crippen LogP contribution in [0.4, 0.5) is 0 Å². The van der Waals surface area contributed by atoms with Crippen LogP contribution in [0.5, 0.6) is 0 Å². The molecule has 1 aliphatic carbocycles. The van der Waals surface area contributed by atoms with E-state index in [-0.39, 0.29) is 0 Å². The average molecular weight is 506 g/mol. The molecule has 21 heavy (non-hydrogen) atoms. The number of hydrogen-bond acceptors (Lipinski definition) is 3. The molecule has 4 heteroatoms. The quantitative estimate of drug-likeness (QED) is 0.411. The van der Waals surface area contributed by atoms with Gasteiger partial charge in [-0.25, -0.2) is 0 Å². The van der Waals surface area contributed by atoms with Crippen LogP contribution in [0.15, 0.2) is 52.6 Å². The molecule has 0 saturated heterocycles. The van der Waals surface area contributed by atoms with Gasteiger partial charge < -0.3 is 12.6 Å². The third kappa shape index (κ3) is 7.32. The van der Waals surface area contributed by atoms with Crippen molar-refractivity contribution >= 4 is 32.3 Å². The van der Waals surface area contributed by atoms with Crippen LogP contribution in [0.2, 0.25) is 0 Å². The van der Waals surface area contributed by atoms with Gasteiger partial charge in [-0.05, 0) is 38.8 Å². The molecule has 0 N–H and O–H groups in total. The summed E-state index contributed by atoms with van der Waals surface area (Å²) in [6.45, 7) is 11.0. The number of rotatable bonds is 1. The molecule has 0 bridgehead atoms. The summed E-state index contributed by atoms with van der Waals surface area (Å²) in [5.74, 6) is 2.19. The second kappa shape index (κ2) is 11.7. The van der Waals surface area contributed by atoms with Gasteiger partial charge in [-0.3, -0.25) is 0 Å². The SMILES string of the molecule is C[C]1C(C)=C(C)C(C)=C1C.[S-]Cc1ccccc1.[S]=[W]=[S]. The molecule has 0 nitrogen and oxygen atoms in total. The Morgan fingerprint density at radius 1 is 0.810 bits per heavy atom. The first-order valence-electron chi connectivity index (χ1n) is 6.64. The molecule has 0 atom stereocenters. The molecule has 1 aliphatic rings. The average Bonchev–Trinajstić information content (AvgIpc) is 2.68. The van der Waals surface area contributed by atoms with Gasteiger partial charge in [0.1, 0.15) is 0 Å². The van der Waals surface area contributed by atoms with E-state index in [1.54, 1.807) is 0 Å². The van der Waals surface area contributed by atoms with Crippen LogP contribution < -0.4 is 0 Å². The zero-order valence-electron chi connectivity index (χ0n) is 13.2. The maximum atomic E-state index is 4.82. The van der Waals surface area contributed by atoms with Crippen LogP contribution in [-0.2, 0) is 33.3 Å². The van der Waals surface area contributed by atoms with Gasteiger partial charge in [-0.1, -0.05) is 54.0 Å². The van der Waals surface area contributed by atoms with Gasteiger partial charge in [-0.2, -0.15) is 5.75 Å². The van der Waals surface area contributed by atoms with Gasteiger partial charge in [0.05, 0.1) is 0 Å². The summed E-state index contributed by atoms with van der Waals surface area (Å²) < 4.78 is 0. The normalized spacial score (nSPS) is 14.2. The van der Waals surface area contributed by atoms with Crippen molar-refractivity contribution in [1.29, 1.82) is 0 Å². The molecule has 1 radical (unpaired) electrons. The van der Waals surface area contributed by atoms with Crippen LogP contribution in [0.1, 0.15) is 40.2 Å². The Morgan fingerprint density at radius 2 is 1.19 bits per heavy atom. The summed E-state index contributed by atoms with van der Waals surface area (Å²) >= 11 is 4.24. The molecule has 1 aromatic carbocycles. The molecule has 1 aromatic rings. The van der Waals surface area contributed by atoms with Gasteiger partial charge in [0.25, 0.3) is 0 Å². The summed E-state index contributed by atoms with van der Waals surface area (Å²) in [4.78, 5) is 0. The fourth-order valence-corrected chi connectivity index (χ4v) is 2.17. The monoisotopic (exact) mass is 506 g/mol. The fraction of sp³-hybridized carbons (Fsp3) is 0.353. The first-order valence-corrected chi connectivity index (χ1v) is 15.1. The number of benzene rings is 1. The minimum absolute atomic E-state index is 0.583. The Labute approximate surface area is 151 Å². The zero-order chi connectivity index (χ0) is 16.4. The van der Waals surface area contributed by atoms with E-state index >= 15 is 0 Å². The third-order valence-electron chi connectivity index (χ3n) is 3.82. The van der Waals surface area contributed by atoms with E-state index < -0.39 is 14.9 Å². The topological polar surface area (TPSA) is 0 Å². The van der Waals surface area contributed by atoms with E-state index in [0.717, 1.165) is 5.75 Å². The Bertz CT molecular complexity index is 514. The predicted molar refractivity (Wildman–Crippen MR) is 98.4 cm³/mol. The second-order valence-corrected chi connectivity index (χ2v) is 10.1. The Hall–Kier alpha value is 0.178. The van der Waals surface area contributed by atoms with Crippen molar-refractivity contribution in [3.63, 3.8) is 0 Å². The molecular formula is C17H22S3W-. The van der Waals surface area contributed by atoms with E-state index in [0.29, 0.717) is 0 Å². The van der Waals surface area contributed by atoms with Crippen LogP contribution in [0.25, 0.3) is 0 Å². The van der Waals surface area contributed by atoms with Crippen molar-refractivity contribution in [3.8, 4) is 0 Å². The number of allylic oxidation sites excluding steroid dienone is 4. The molecular weight excluding hydrogens is 484 g/mol. The van der Waals surface area contributed by atoms with Crippen LogP contribution >= 0.6 is 19.6 Å². The molecule has 0 spiro atoms. The Balaban J connectivity index is 0.000000327. The molecule has 0 aliphatic heterocycles. The fourth-order valence-electron chi connectivity index (χ4n) is 1.98. The van der Waals surface area contributed by atoms with Crippen molar-refractivity contribution in [2.45, 2.75) is 40.4 Å². The van der Waals surface area contributed by atoms with Crippen LogP contribution in [-0.4, -0.2) is 0 Å². The standard InChI is InChI=1S/C10H15.C7H8S.2S.W/c1-6-7(2)9(4)10(5)8(6)3;8-6-7-4-2-1-3-5-7;;;/h1-5H3;1-5,8H,6H2;;;/p-1. The molecule has 2 rings (SSSR count). The van der Waals surface area contributed by atoms with Gasteiger partial charge in [0.15, 0.2) is 0 Å². The van der Waals surface area contributed by atoms with Crippen molar-refractivity contribution in [2.75, 3.05) is 0 Å². The van der Waals surface area contributed by atoms with Crippen molar-refractivity contribution in [1.82, 2.24) is 0 Å². The maximum absolute atomic E-state index is 4.82. The van der Waals surface area contributed by atoms with Crippen LogP contribution in [0.3, 0.4) is 0 Å². The summed E-state index contributed by atoms with van der Waals surface area (Å²) in [6.07, 6.45) is 0. The third-order valence-corrected chi connectivity index (χ3v) is 4.16. The molecule has 0 unspecified atom stereocenters. The summed E-state index contributed by atoms with van der Waals surface area (Å²) in [5, 5.41) is 0. The molecule has 0 heterocycles. The van der Waals surface area contributed by atoms with E-state index in [1.807, 2.05) is 30.3 Å². The number of hydrogen-bond donors (Lipinski definition) is 0. The van der Waals surface area contributed by atoms with Gasteiger partial charge in [-0.15, -0.1) is 0 Å². The van der Waals surface area contributed by atoms with E-state index in [2.05, 4.69) is 54.3 Å². The van der Waals surface area contributed by atoms with Gasteiger partial charge in [0.2, 0.25) is 0 Å². The van der Waals surface area contributed by atoms with Crippen molar-refractivity contribution in [2.24, 2.45) is 0 Å². The Morgan fingerprint density at radius 3 is 1.38 bits per heavy atom. The molecule has 0 aromatic heterocycles. The zero-order valence-corrected chi connectivity index (χ0v) is 18.6. The summed E-state index contributed by atoms with van der Waals surface area (Å²) in [7, 11) is 8.75. The van der Waals surface area contributed by atoms with Crippen LogP contribution in [0, 0.1) is 5.92 Å². The van der Waals surface area contributed by atoms with E-state index in [4.69, 9.17) is 12.6 Å². The van der Waals surface area contributed by atoms with Gasteiger partial charge >= 0.3 is 34.6 Å².